The van der Waals surface area contributed by atoms with Crippen LogP contribution < -0.4 is 0 Å². The molecule has 1 N–H and O–H groups in total. The molecule has 0 radical (unpaired) electrons. The molecule has 3 nitrogen and oxygen atoms in total. The lowest BCUT2D eigenvalue weighted by Gasteiger charge is -2.24. The fourth-order valence-electron chi connectivity index (χ4n) is 2.92. The van der Waals surface area contributed by atoms with Crippen molar-refractivity contribution in [2.45, 2.75) is 51.0 Å². The minimum absolute atomic E-state index is 0.421. The molecule has 1 aromatic heterocycles. The Morgan fingerprint density at radius 2 is 2.17 bits per heavy atom. The summed E-state index contributed by atoms with van der Waals surface area (Å²) in [6.07, 6.45) is 10.6. The fourth-order valence-corrected chi connectivity index (χ4v) is 2.92. The zero-order valence-electron chi connectivity index (χ0n) is 10.8. The van der Waals surface area contributed by atoms with E-state index in [1.165, 1.54) is 19.3 Å². The second-order valence-corrected chi connectivity index (χ2v) is 5.03. The molecule has 0 bridgehead atoms. The van der Waals surface area contributed by atoms with E-state index in [2.05, 4.69) is 11.1 Å². The Bertz CT molecular complexity index is 428. The van der Waals surface area contributed by atoms with Crippen molar-refractivity contribution in [3.63, 3.8) is 0 Å². The van der Waals surface area contributed by atoms with E-state index in [0.29, 0.717) is 11.5 Å². The van der Waals surface area contributed by atoms with Crippen molar-refractivity contribution in [3.8, 4) is 0 Å². The van der Waals surface area contributed by atoms with Gasteiger partial charge >= 0.3 is 5.97 Å². The van der Waals surface area contributed by atoms with E-state index in [4.69, 9.17) is 0 Å². The minimum Gasteiger partial charge on any atom is -0.478 e. The van der Waals surface area contributed by atoms with Crippen LogP contribution in [0.2, 0.25) is 0 Å². The van der Waals surface area contributed by atoms with Crippen LogP contribution in [0.1, 0.15) is 60.5 Å². The number of aromatic nitrogens is 1. The summed E-state index contributed by atoms with van der Waals surface area (Å²) in [5.74, 6) is -0.377. The molecule has 1 aromatic rings. The number of hydrogen-bond acceptors (Lipinski definition) is 1. The van der Waals surface area contributed by atoms with Crippen molar-refractivity contribution in [1.29, 1.82) is 0 Å². The van der Waals surface area contributed by atoms with Crippen molar-refractivity contribution < 1.29 is 9.90 Å². The predicted octanol–water partition coefficient (Wildman–Crippen LogP) is 3.81. The van der Waals surface area contributed by atoms with E-state index >= 15 is 0 Å². The van der Waals surface area contributed by atoms with Crippen LogP contribution in [-0.4, -0.2) is 15.6 Å². The number of carbonyl (C=O) groups is 1. The highest BCUT2D eigenvalue weighted by Crippen LogP contribution is 2.35. The van der Waals surface area contributed by atoms with Gasteiger partial charge in [0.25, 0.3) is 0 Å². The Morgan fingerprint density at radius 3 is 2.78 bits per heavy atom. The van der Waals surface area contributed by atoms with Gasteiger partial charge in [0.2, 0.25) is 0 Å². The van der Waals surface area contributed by atoms with Crippen LogP contribution in [0.25, 0.3) is 0 Å². The van der Waals surface area contributed by atoms with Gasteiger partial charge in [-0.25, -0.2) is 4.79 Å². The van der Waals surface area contributed by atoms with Crippen LogP contribution >= 0.6 is 0 Å². The highest BCUT2D eigenvalue weighted by molar-refractivity contribution is 5.89. The van der Waals surface area contributed by atoms with Gasteiger partial charge in [-0.2, -0.15) is 0 Å². The maximum Gasteiger partial charge on any atom is 0.337 e. The third kappa shape index (κ3) is 2.66. The molecule has 1 aliphatic carbocycles. The molecule has 0 spiro atoms. The molecule has 0 saturated heterocycles. The van der Waals surface area contributed by atoms with Crippen molar-refractivity contribution in [1.82, 2.24) is 4.57 Å². The second-order valence-electron chi connectivity index (χ2n) is 5.03. The van der Waals surface area contributed by atoms with Crippen LogP contribution in [0.3, 0.4) is 0 Å². The van der Waals surface area contributed by atoms with E-state index in [1.54, 1.807) is 6.07 Å². The van der Waals surface area contributed by atoms with Gasteiger partial charge in [0, 0.05) is 24.4 Å². The van der Waals surface area contributed by atoms with Gasteiger partial charge in [-0.3, -0.25) is 0 Å². The summed E-state index contributed by atoms with van der Waals surface area (Å²) in [5.41, 5.74) is 1.52. The van der Waals surface area contributed by atoms with Gasteiger partial charge < -0.3 is 9.67 Å². The van der Waals surface area contributed by atoms with Gasteiger partial charge in [0.1, 0.15) is 0 Å². The topological polar surface area (TPSA) is 42.2 Å². The molecular weight excluding hydrogens is 226 g/mol. The van der Waals surface area contributed by atoms with Crippen molar-refractivity contribution in [2.75, 3.05) is 0 Å². The average molecular weight is 247 g/mol. The Hall–Kier alpha value is -1.51. The number of nitrogens with zero attached hydrogens (tertiary/aromatic N) is 1. The lowest BCUT2D eigenvalue weighted by molar-refractivity contribution is 0.0694. The summed E-state index contributed by atoms with van der Waals surface area (Å²) in [4.78, 5) is 11.3. The number of rotatable bonds is 5. The Balaban J connectivity index is 2.29. The van der Waals surface area contributed by atoms with Crippen LogP contribution in [0.15, 0.2) is 24.9 Å². The number of carboxylic acid groups (broad SMARTS) is 1. The summed E-state index contributed by atoms with van der Waals surface area (Å²) in [5, 5.41) is 9.30. The summed E-state index contributed by atoms with van der Waals surface area (Å²) >= 11 is 0. The molecule has 1 heterocycles. The number of aryl methyl sites for hydroxylation is 1. The third-order valence-electron chi connectivity index (χ3n) is 3.80. The highest BCUT2D eigenvalue weighted by Gasteiger charge is 2.24. The first kappa shape index (κ1) is 12.9. The monoisotopic (exact) mass is 247 g/mol. The number of carboxylic acids is 1. The smallest absolute Gasteiger partial charge is 0.337 e. The van der Waals surface area contributed by atoms with Crippen molar-refractivity contribution in [3.05, 3.63) is 36.2 Å². The summed E-state index contributed by atoms with van der Waals surface area (Å²) in [6.45, 7) is 4.57. The van der Waals surface area contributed by atoms with Crippen molar-refractivity contribution in [2.24, 2.45) is 0 Å². The predicted molar refractivity (Wildman–Crippen MR) is 72.0 cm³/mol. The standard InChI is InChI=1S/C15H21NO2/c1-2-3-10-16-11-9-13(15(17)18)14(16)12-7-5-4-6-8-12/h2,9,11-12H,1,3-8,10H2,(H,17,18). The Labute approximate surface area is 108 Å². The lowest BCUT2D eigenvalue weighted by Crippen LogP contribution is -2.14. The normalized spacial score (nSPS) is 16.7. The third-order valence-corrected chi connectivity index (χ3v) is 3.80. The number of aromatic carboxylic acids is 1. The quantitative estimate of drug-likeness (QED) is 0.804. The van der Waals surface area contributed by atoms with E-state index in [-0.39, 0.29) is 0 Å². The van der Waals surface area contributed by atoms with E-state index in [1.807, 2.05) is 12.3 Å². The van der Waals surface area contributed by atoms with E-state index in [9.17, 15) is 9.90 Å². The maximum atomic E-state index is 11.3. The molecule has 2 rings (SSSR count). The molecule has 1 aliphatic rings. The Morgan fingerprint density at radius 1 is 1.44 bits per heavy atom. The largest absolute Gasteiger partial charge is 0.478 e. The molecule has 3 heteroatoms. The first-order valence-electron chi connectivity index (χ1n) is 6.77. The number of hydrogen-bond donors (Lipinski definition) is 1. The zero-order valence-corrected chi connectivity index (χ0v) is 10.8. The van der Waals surface area contributed by atoms with E-state index < -0.39 is 5.97 Å². The molecule has 1 fully saturated rings. The minimum atomic E-state index is -0.798. The Kier molecular flexibility index (Phi) is 4.24. The van der Waals surface area contributed by atoms with Gasteiger partial charge in [-0.15, -0.1) is 6.58 Å². The number of allylic oxidation sites excluding steroid dienone is 1. The van der Waals surface area contributed by atoms with Crippen LogP contribution in [0.5, 0.6) is 0 Å². The second kappa shape index (κ2) is 5.89. The molecule has 0 unspecified atom stereocenters. The molecule has 1 saturated carbocycles. The van der Waals surface area contributed by atoms with Gasteiger partial charge in [-0.1, -0.05) is 25.3 Å². The molecule has 0 aromatic carbocycles. The molecule has 0 atom stereocenters. The maximum absolute atomic E-state index is 11.3. The SMILES string of the molecule is C=CCCn1ccc(C(=O)O)c1C1CCCCC1. The van der Waals surface area contributed by atoms with Gasteiger partial charge in [-0.05, 0) is 25.3 Å². The van der Waals surface area contributed by atoms with Gasteiger partial charge in [0.05, 0.1) is 5.56 Å². The molecule has 18 heavy (non-hydrogen) atoms. The fraction of sp³-hybridized carbons (Fsp3) is 0.533. The molecule has 98 valence electrons. The van der Waals surface area contributed by atoms with E-state index in [0.717, 1.165) is 31.5 Å². The first-order chi connectivity index (χ1) is 8.74. The summed E-state index contributed by atoms with van der Waals surface area (Å²) in [6, 6.07) is 1.75. The van der Waals surface area contributed by atoms with Crippen molar-refractivity contribution >= 4 is 5.97 Å². The average Bonchev–Trinajstić information content (AvgIpc) is 2.81. The summed E-state index contributed by atoms with van der Waals surface area (Å²) in [7, 11) is 0. The van der Waals surface area contributed by atoms with Crippen LogP contribution in [0, 0.1) is 0 Å². The highest BCUT2D eigenvalue weighted by atomic mass is 16.4. The van der Waals surface area contributed by atoms with Crippen LogP contribution in [0.4, 0.5) is 0 Å². The van der Waals surface area contributed by atoms with Gasteiger partial charge in [0.15, 0.2) is 0 Å². The summed E-state index contributed by atoms with van der Waals surface area (Å²) < 4.78 is 2.11. The van der Waals surface area contributed by atoms with Crippen LogP contribution in [-0.2, 0) is 6.54 Å². The molecule has 0 amide bonds. The first-order valence-corrected chi connectivity index (χ1v) is 6.77. The molecular formula is C15H21NO2. The lowest BCUT2D eigenvalue weighted by atomic mass is 9.85. The molecule has 0 aliphatic heterocycles. The zero-order chi connectivity index (χ0) is 13.0.